The van der Waals surface area contributed by atoms with Crippen molar-refractivity contribution >= 4 is 28.5 Å². The van der Waals surface area contributed by atoms with Crippen LogP contribution in [-0.2, 0) is 22.4 Å². The van der Waals surface area contributed by atoms with Gasteiger partial charge in [-0.05, 0) is 49.4 Å². The largest absolute Gasteiger partial charge is 0.476 e. The second-order valence-electron chi connectivity index (χ2n) is 8.59. The van der Waals surface area contributed by atoms with Crippen LogP contribution in [0.1, 0.15) is 37.3 Å². The van der Waals surface area contributed by atoms with Gasteiger partial charge in [-0.15, -0.1) is 0 Å². The molecule has 1 aromatic heterocycles. The molecule has 3 heterocycles. The first-order valence-electron chi connectivity index (χ1n) is 11.5. The summed E-state index contributed by atoms with van der Waals surface area (Å²) in [5.41, 5.74) is 3.57. The number of fused-ring (bicyclic) bond motifs is 2. The summed E-state index contributed by atoms with van der Waals surface area (Å²) in [6, 6.07) is 13.6. The summed E-state index contributed by atoms with van der Waals surface area (Å²) >= 11 is 0. The lowest BCUT2D eigenvalue weighted by Gasteiger charge is -2.37. The number of ether oxygens (including phenoxy) is 1. The Labute approximate surface area is 187 Å². The number of hydrogen-bond acceptors (Lipinski definition) is 4. The van der Waals surface area contributed by atoms with E-state index in [-0.39, 0.29) is 24.8 Å². The summed E-state index contributed by atoms with van der Waals surface area (Å²) in [4.78, 5) is 30.1. The molecule has 1 fully saturated rings. The summed E-state index contributed by atoms with van der Waals surface area (Å²) in [5.74, 6) is 0.476. The maximum Gasteiger partial charge on any atom is 0.265 e. The highest BCUT2D eigenvalue weighted by atomic mass is 16.5. The number of likely N-dealkylation sites (tertiary alicyclic amines) is 1. The first kappa shape index (κ1) is 20.6. The molecular weight excluding hydrogens is 404 g/mol. The highest BCUT2D eigenvalue weighted by Crippen LogP contribution is 2.34. The molecule has 0 unspecified atom stereocenters. The van der Waals surface area contributed by atoms with Crippen molar-refractivity contribution in [2.45, 2.75) is 45.1 Å². The third-order valence-electron chi connectivity index (χ3n) is 6.49. The lowest BCUT2D eigenvalue weighted by Crippen LogP contribution is -2.53. The van der Waals surface area contributed by atoms with Crippen LogP contribution in [0.4, 0.5) is 5.69 Å². The van der Waals surface area contributed by atoms with Crippen LogP contribution < -0.4 is 9.64 Å². The van der Waals surface area contributed by atoms with Crippen molar-refractivity contribution in [3.05, 3.63) is 59.9 Å². The van der Waals surface area contributed by atoms with Gasteiger partial charge in [0, 0.05) is 24.0 Å². The summed E-state index contributed by atoms with van der Waals surface area (Å²) in [7, 11) is 0. The van der Waals surface area contributed by atoms with Crippen molar-refractivity contribution in [3.63, 3.8) is 0 Å². The normalized spacial score (nSPS) is 18.3. The quantitative estimate of drug-likeness (QED) is 0.615. The van der Waals surface area contributed by atoms with Crippen LogP contribution in [0.3, 0.4) is 0 Å². The number of nitrogens with zero attached hydrogens (tertiary/aromatic N) is 2. The van der Waals surface area contributed by atoms with Crippen LogP contribution >= 0.6 is 0 Å². The van der Waals surface area contributed by atoms with Gasteiger partial charge in [-0.3, -0.25) is 9.59 Å². The Morgan fingerprint density at radius 3 is 2.69 bits per heavy atom. The highest BCUT2D eigenvalue weighted by molar-refractivity contribution is 6.00. The number of piperidine rings is 1. The summed E-state index contributed by atoms with van der Waals surface area (Å²) in [5, 5.41) is 0.957. The van der Waals surface area contributed by atoms with Gasteiger partial charge in [-0.1, -0.05) is 31.2 Å². The van der Waals surface area contributed by atoms with E-state index in [1.165, 1.54) is 5.56 Å². The number of aryl methyl sites for hydroxylation is 1. The average Bonchev–Trinajstić information content (AvgIpc) is 3.25. The molecule has 1 saturated heterocycles. The number of anilines is 1. The molecule has 3 aromatic rings. The Morgan fingerprint density at radius 1 is 1.06 bits per heavy atom. The zero-order chi connectivity index (χ0) is 22.1. The summed E-state index contributed by atoms with van der Waals surface area (Å²) in [6.07, 6.45) is 5.32. The van der Waals surface area contributed by atoms with Crippen LogP contribution in [0.5, 0.6) is 5.75 Å². The van der Waals surface area contributed by atoms with Gasteiger partial charge in [0.25, 0.3) is 5.91 Å². The summed E-state index contributed by atoms with van der Waals surface area (Å²) < 4.78 is 11.8. The van der Waals surface area contributed by atoms with Crippen LogP contribution in [0.25, 0.3) is 11.0 Å². The van der Waals surface area contributed by atoms with Gasteiger partial charge in [0.1, 0.15) is 11.3 Å². The van der Waals surface area contributed by atoms with E-state index in [1.54, 1.807) is 11.2 Å². The second-order valence-corrected chi connectivity index (χ2v) is 8.59. The highest BCUT2D eigenvalue weighted by Gasteiger charge is 2.36. The molecule has 0 N–H and O–H groups in total. The number of hydrogen-bond donors (Lipinski definition) is 0. The number of rotatable bonds is 4. The molecule has 5 rings (SSSR count). The lowest BCUT2D eigenvalue weighted by atomic mass is 10.1. The molecule has 2 aromatic carbocycles. The van der Waals surface area contributed by atoms with E-state index in [0.717, 1.165) is 55.3 Å². The topological polar surface area (TPSA) is 63.0 Å². The molecule has 166 valence electrons. The van der Waals surface area contributed by atoms with Crippen molar-refractivity contribution in [2.75, 3.05) is 24.5 Å². The SMILES string of the molecule is CCc1ccc2c(CC(=O)N3C[C@H](C(=O)N4CCCCC4)Oc4ccccc43)coc2c1. The molecule has 0 aliphatic carbocycles. The Balaban J connectivity index is 1.40. The Kier molecular flexibility index (Phi) is 5.60. The van der Waals surface area contributed by atoms with Crippen LogP contribution in [0.2, 0.25) is 0 Å². The standard InChI is InChI=1S/C26H28N2O4/c1-2-18-10-11-20-19(17-31-23(20)14-18)15-25(29)28-16-24(26(30)27-12-6-3-7-13-27)32-22-9-5-4-8-21(22)28/h4-5,8-11,14,17,24H,2-3,6-7,12-13,15-16H2,1H3/t24-/m1/s1. The van der Waals surface area contributed by atoms with Gasteiger partial charge in [-0.2, -0.15) is 0 Å². The molecule has 2 amide bonds. The molecule has 0 radical (unpaired) electrons. The van der Waals surface area contributed by atoms with Crippen molar-refractivity contribution in [1.29, 1.82) is 0 Å². The zero-order valence-electron chi connectivity index (χ0n) is 18.4. The van der Waals surface area contributed by atoms with E-state index in [1.807, 2.05) is 41.3 Å². The Bertz CT molecular complexity index is 1150. The molecule has 2 aliphatic heterocycles. The molecule has 0 bridgehead atoms. The fourth-order valence-electron chi connectivity index (χ4n) is 4.66. The van der Waals surface area contributed by atoms with E-state index in [4.69, 9.17) is 9.15 Å². The van der Waals surface area contributed by atoms with Gasteiger partial charge in [-0.25, -0.2) is 0 Å². The molecule has 0 spiro atoms. The second kappa shape index (κ2) is 8.69. The van der Waals surface area contributed by atoms with E-state index in [9.17, 15) is 9.59 Å². The molecule has 32 heavy (non-hydrogen) atoms. The van der Waals surface area contributed by atoms with Gasteiger partial charge in [0.2, 0.25) is 5.91 Å². The maximum atomic E-state index is 13.4. The van der Waals surface area contributed by atoms with Crippen molar-refractivity contribution in [2.24, 2.45) is 0 Å². The summed E-state index contributed by atoms with van der Waals surface area (Å²) in [6.45, 7) is 3.84. The van der Waals surface area contributed by atoms with Crippen molar-refractivity contribution in [1.82, 2.24) is 4.90 Å². The zero-order valence-corrected chi connectivity index (χ0v) is 18.4. The smallest absolute Gasteiger partial charge is 0.265 e. The number of furan rings is 1. The van der Waals surface area contributed by atoms with Crippen LogP contribution in [0.15, 0.2) is 53.1 Å². The van der Waals surface area contributed by atoms with Crippen molar-refractivity contribution < 1.29 is 18.7 Å². The first-order valence-corrected chi connectivity index (χ1v) is 11.5. The van der Waals surface area contributed by atoms with E-state index < -0.39 is 6.10 Å². The molecule has 0 saturated carbocycles. The number of para-hydroxylation sites is 2. The minimum absolute atomic E-state index is 0.0298. The molecule has 2 aliphatic rings. The van der Waals surface area contributed by atoms with Gasteiger partial charge in [0.15, 0.2) is 6.10 Å². The fraction of sp³-hybridized carbons (Fsp3) is 0.385. The number of amides is 2. The van der Waals surface area contributed by atoms with Crippen LogP contribution in [0, 0.1) is 0 Å². The van der Waals surface area contributed by atoms with Gasteiger partial charge in [0.05, 0.1) is 24.9 Å². The molecule has 6 heteroatoms. The van der Waals surface area contributed by atoms with Gasteiger partial charge < -0.3 is 19.0 Å². The maximum absolute atomic E-state index is 13.4. The third-order valence-corrected chi connectivity index (χ3v) is 6.49. The van der Waals surface area contributed by atoms with Gasteiger partial charge >= 0.3 is 0 Å². The van der Waals surface area contributed by atoms with E-state index >= 15 is 0 Å². The third kappa shape index (κ3) is 3.85. The average molecular weight is 433 g/mol. The molecule has 1 atom stereocenters. The predicted octanol–water partition coefficient (Wildman–Crippen LogP) is 4.34. The fourth-order valence-corrected chi connectivity index (χ4v) is 4.66. The minimum Gasteiger partial charge on any atom is -0.476 e. The number of carbonyl (C=O) groups is 2. The van der Waals surface area contributed by atoms with Crippen LogP contribution in [-0.4, -0.2) is 42.5 Å². The monoisotopic (exact) mass is 432 g/mol. The Morgan fingerprint density at radius 2 is 1.88 bits per heavy atom. The number of benzene rings is 2. The predicted molar refractivity (Wildman–Crippen MR) is 123 cm³/mol. The lowest BCUT2D eigenvalue weighted by molar-refractivity contribution is -0.139. The molecule has 6 nitrogen and oxygen atoms in total. The minimum atomic E-state index is -0.680. The Hall–Kier alpha value is -3.28. The molecular formula is C26H28N2O4. The first-order chi connectivity index (χ1) is 15.6. The van der Waals surface area contributed by atoms with E-state index in [0.29, 0.717) is 11.4 Å². The number of carbonyl (C=O) groups excluding carboxylic acids is 2. The van der Waals surface area contributed by atoms with Crippen molar-refractivity contribution in [3.8, 4) is 5.75 Å². The van der Waals surface area contributed by atoms with E-state index in [2.05, 4.69) is 13.0 Å².